The van der Waals surface area contributed by atoms with E-state index in [1.165, 1.54) is 18.2 Å². The Labute approximate surface area is 344 Å². The van der Waals surface area contributed by atoms with Crippen LogP contribution in [0.4, 0.5) is 11.4 Å². The Morgan fingerprint density at radius 3 is 2.48 bits per heavy atom. The van der Waals surface area contributed by atoms with Crippen LogP contribution in [0.5, 0.6) is 23.0 Å². The number of methoxy groups -OCH3 is 2. The summed E-state index contributed by atoms with van der Waals surface area (Å²) in [6.07, 6.45) is 2.86. The largest absolute Gasteiger partial charge is 0.495 e. The number of benzene rings is 3. The lowest BCUT2D eigenvalue weighted by molar-refractivity contribution is -0.137. The summed E-state index contributed by atoms with van der Waals surface area (Å²) in [7, 11) is 3.05. The highest BCUT2D eigenvalue weighted by Crippen LogP contribution is 2.41. The van der Waals surface area contributed by atoms with E-state index in [9.17, 15) is 24.4 Å². The van der Waals surface area contributed by atoms with E-state index in [0.717, 1.165) is 26.1 Å². The average Bonchev–Trinajstić information content (AvgIpc) is 3.56. The lowest BCUT2D eigenvalue weighted by Crippen LogP contribution is -2.52. The van der Waals surface area contributed by atoms with Crippen molar-refractivity contribution >= 4 is 69.1 Å². The molecule has 2 N–H and O–H groups in total. The first-order chi connectivity index (χ1) is 28.1. The van der Waals surface area contributed by atoms with E-state index in [0.29, 0.717) is 91.7 Å². The SMILES string of the molecule is COc1cc(Nc2c(C#N)cnc3cc(OCCCN4CCN(C(=O)CCOc5cccc6c5CN(C5CCC(=O)NC5=O)C6=O)CC4)c(OC)cc23)c(Cl)cc1Cl. The number of rotatable bonds is 14. The summed E-state index contributed by atoms with van der Waals surface area (Å²) >= 11 is 12.7. The van der Waals surface area contributed by atoms with E-state index in [4.69, 9.17) is 42.1 Å². The van der Waals surface area contributed by atoms with Gasteiger partial charge in [-0.3, -0.25) is 34.4 Å². The van der Waals surface area contributed by atoms with Gasteiger partial charge in [0.15, 0.2) is 11.5 Å². The molecule has 3 aliphatic rings. The lowest BCUT2D eigenvalue weighted by Gasteiger charge is -2.34. The first-order valence-electron chi connectivity index (χ1n) is 18.8. The average molecular weight is 831 g/mol. The summed E-state index contributed by atoms with van der Waals surface area (Å²) in [6, 6.07) is 13.4. The number of fused-ring (bicyclic) bond motifs is 2. The Bertz CT molecular complexity index is 2310. The van der Waals surface area contributed by atoms with E-state index in [-0.39, 0.29) is 50.1 Å². The maximum atomic E-state index is 13.1. The maximum absolute atomic E-state index is 13.1. The first kappa shape index (κ1) is 40.4. The summed E-state index contributed by atoms with van der Waals surface area (Å²) < 4.78 is 23.2. The number of halogens is 2. The van der Waals surface area contributed by atoms with Crippen molar-refractivity contribution in [1.82, 2.24) is 25.0 Å². The van der Waals surface area contributed by atoms with Crippen LogP contribution in [0.1, 0.15) is 47.2 Å². The first-order valence-corrected chi connectivity index (χ1v) is 19.6. The van der Waals surface area contributed by atoms with Gasteiger partial charge < -0.3 is 34.1 Å². The predicted octanol–water partition coefficient (Wildman–Crippen LogP) is 5.32. The quantitative estimate of drug-likeness (QED) is 0.124. The molecule has 4 heterocycles. The molecule has 4 aromatic rings. The number of imide groups is 1. The second-order valence-corrected chi connectivity index (χ2v) is 14.8. The van der Waals surface area contributed by atoms with Gasteiger partial charge in [-0.15, -0.1) is 0 Å². The summed E-state index contributed by atoms with van der Waals surface area (Å²) in [5, 5.41) is 16.8. The van der Waals surface area contributed by atoms with Crippen LogP contribution in [-0.2, 0) is 20.9 Å². The number of nitrogens with zero attached hydrogens (tertiary/aromatic N) is 5. The molecule has 3 aromatic carbocycles. The molecular weight excluding hydrogens is 789 g/mol. The monoisotopic (exact) mass is 829 g/mol. The number of hydrogen-bond donors (Lipinski definition) is 2. The van der Waals surface area contributed by atoms with Gasteiger partial charge in [0.05, 0.1) is 72.9 Å². The zero-order chi connectivity index (χ0) is 40.9. The zero-order valence-electron chi connectivity index (χ0n) is 31.9. The molecule has 58 heavy (non-hydrogen) atoms. The molecule has 4 amide bonds. The number of carbonyl (C=O) groups excluding carboxylic acids is 4. The highest BCUT2D eigenvalue weighted by molar-refractivity contribution is 6.37. The second-order valence-electron chi connectivity index (χ2n) is 14.0. The molecule has 1 unspecified atom stereocenters. The number of ether oxygens (including phenoxy) is 4. The van der Waals surface area contributed by atoms with Crippen LogP contribution < -0.4 is 29.6 Å². The van der Waals surface area contributed by atoms with E-state index in [2.05, 4.69) is 26.6 Å². The number of piperidine rings is 1. The Kier molecular flexibility index (Phi) is 12.4. The third kappa shape index (κ3) is 8.54. The van der Waals surface area contributed by atoms with Crippen molar-refractivity contribution in [2.75, 3.05) is 65.5 Å². The highest BCUT2D eigenvalue weighted by Gasteiger charge is 2.40. The smallest absolute Gasteiger partial charge is 0.255 e. The van der Waals surface area contributed by atoms with E-state index < -0.39 is 11.9 Å². The molecule has 3 aliphatic heterocycles. The lowest BCUT2D eigenvalue weighted by atomic mass is 10.0. The topological polar surface area (TPSA) is 176 Å². The summed E-state index contributed by atoms with van der Waals surface area (Å²) in [5.74, 6) is 0.831. The van der Waals surface area contributed by atoms with Crippen LogP contribution in [0.3, 0.4) is 0 Å². The Morgan fingerprint density at radius 1 is 0.966 bits per heavy atom. The molecule has 0 saturated carbocycles. The van der Waals surface area contributed by atoms with Gasteiger partial charge in [0.25, 0.3) is 5.91 Å². The normalized spacial score (nSPS) is 16.8. The van der Waals surface area contributed by atoms with Gasteiger partial charge in [-0.1, -0.05) is 29.3 Å². The number of pyridine rings is 1. The molecule has 2 fully saturated rings. The Hall–Kier alpha value is -5.82. The second kappa shape index (κ2) is 17.8. The van der Waals surface area contributed by atoms with Gasteiger partial charge >= 0.3 is 0 Å². The minimum Gasteiger partial charge on any atom is -0.495 e. The number of piperazine rings is 1. The van der Waals surface area contributed by atoms with Crippen molar-refractivity contribution in [2.45, 2.75) is 38.3 Å². The van der Waals surface area contributed by atoms with Gasteiger partial charge in [0.1, 0.15) is 23.6 Å². The van der Waals surface area contributed by atoms with Crippen molar-refractivity contribution in [1.29, 1.82) is 5.26 Å². The molecule has 1 aromatic heterocycles. The molecule has 0 aliphatic carbocycles. The number of nitriles is 1. The van der Waals surface area contributed by atoms with E-state index in [1.807, 2.05) is 4.90 Å². The molecule has 0 spiro atoms. The van der Waals surface area contributed by atoms with Gasteiger partial charge in [0, 0.05) is 74.0 Å². The minimum absolute atomic E-state index is 0.00921. The van der Waals surface area contributed by atoms with Crippen LogP contribution in [0.2, 0.25) is 10.0 Å². The van der Waals surface area contributed by atoms with Crippen molar-refractivity contribution in [2.24, 2.45) is 0 Å². The zero-order valence-corrected chi connectivity index (χ0v) is 33.5. The molecule has 0 radical (unpaired) electrons. The van der Waals surface area contributed by atoms with Crippen LogP contribution >= 0.6 is 23.2 Å². The van der Waals surface area contributed by atoms with Gasteiger partial charge in [-0.25, -0.2) is 0 Å². The summed E-state index contributed by atoms with van der Waals surface area (Å²) in [4.78, 5) is 60.4. The van der Waals surface area contributed by atoms with Crippen LogP contribution in [-0.4, -0.2) is 110 Å². The number of nitrogens with one attached hydrogen (secondary N) is 2. The number of aromatic nitrogens is 1. The third-order valence-corrected chi connectivity index (χ3v) is 11.1. The highest BCUT2D eigenvalue weighted by atomic mass is 35.5. The fourth-order valence-corrected chi connectivity index (χ4v) is 7.91. The molecule has 7 rings (SSSR count). The van der Waals surface area contributed by atoms with E-state index >= 15 is 0 Å². The summed E-state index contributed by atoms with van der Waals surface area (Å²) in [6.45, 7) is 4.17. The maximum Gasteiger partial charge on any atom is 0.255 e. The van der Waals surface area contributed by atoms with Crippen molar-refractivity contribution < 1.29 is 38.1 Å². The number of anilines is 2. The van der Waals surface area contributed by atoms with Crippen molar-refractivity contribution in [3.05, 3.63) is 75.4 Å². The fourth-order valence-electron chi connectivity index (χ4n) is 7.40. The van der Waals surface area contributed by atoms with Crippen LogP contribution in [0.25, 0.3) is 10.9 Å². The summed E-state index contributed by atoms with van der Waals surface area (Å²) in [5.41, 5.74) is 3.02. The molecule has 15 nitrogen and oxygen atoms in total. The van der Waals surface area contributed by atoms with Gasteiger partial charge in [0.2, 0.25) is 17.7 Å². The Balaban J connectivity index is 0.876. The molecule has 17 heteroatoms. The Morgan fingerprint density at radius 2 is 1.74 bits per heavy atom. The number of amides is 4. The van der Waals surface area contributed by atoms with E-state index in [1.54, 1.807) is 49.6 Å². The predicted molar refractivity (Wildman–Crippen MR) is 215 cm³/mol. The molecule has 1 atom stereocenters. The molecule has 0 bridgehead atoms. The van der Waals surface area contributed by atoms with Crippen LogP contribution in [0.15, 0.2) is 48.7 Å². The van der Waals surface area contributed by atoms with Gasteiger partial charge in [-0.2, -0.15) is 5.26 Å². The third-order valence-electron chi connectivity index (χ3n) is 10.5. The molecule has 302 valence electrons. The fraction of sp³-hybridized carbons (Fsp3) is 0.366. The molecule has 2 saturated heterocycles. The van der Waals surface area contributed by atoms with Gasteiger partial charge in [-0.05, 0) is 37.1 Å². The van der Waals surface area contributed by atoms with Crippen molar-refractivity contribution in [3.8, 4) is 29.1 Å². The number of carbonyl (C=O) groups is 4. The standard InChI is InChI=1S/C41H41Cl2N7O8/c1-55-34-20-31(28(42)18-29(34)43)46-39-24(21-44)22-45-30-19-36(35(56-2)17-26(30)39)57-15-4-10-48-11-13-49(14-12-48)38(52)9-16-58-33-6-3-5-25-27(33)23-50(41(25)54)32-7-8-37(51)47-40(32)53/h3,5-6,17-20,22,32H,4,7-16,23H2,1-2H3,(H,45,46)(H,47,51,53). The van der Waals surface area contributed by atoms with Crippen molar-refractivity contribution in [3.63, 3.8) is 0 Å². The number of hydrogen-bond acceptors (Lipinski definition) is 12. The molecular formula is C41H41Cl2N7O8. The minimum atomic E-state index is -0.712. The van der Waals surface area contributed by atoms with Crippen LogP contribution in [0, 0.1) is 11.3 Å².